The first-order chi connectivity index (χ1) is 9.17. The smallest absolute Gasteiger partial charge is 0.313 e. The van der Waals surface area contributed by atoms with Gasteiger partial charge in [-0.1, -0.05) is 12.5 Å². The van der Waals surface area contributed by atoms with E-state index >= 15 is 0 Å². The van der Waals surface area contributed by atoms with E-state index in [0.717, 1.165) is 30.3 Å². The van der Waals surface area contributed by atoms with Crippen LogP contribution in [-0.2, 0) is 9.53 Å². The first kappa shape index (κ1) is 12.2. The second kappa shape index (κ2) is 4.35. The fraction of sp³-hybridized carbons (Fsp3) is 0.429. The lowest BCUT2D eigenvalue weighted by atomic mass is 9.62. The van der Waals surface area contributed by atoms with Crippen LogP contribution in [0, 0.1) is 5.41 Å². The Kier molecular flexibility index (Phi) is 2.78. The SMILES string of the molecule is COC(=O)C1(C(N)c2ccc3ncoc3c2)CCC1. The van der Waals surface area contributed by atoms with Crippen LogP contribution in [0.5, 0.6) is 0 Å². The molecular weight excluding hydrogens is 244 g/mol. The number of nitrogens with two attached hydrogens (primary N) is 1. The lowest BCUT2D eigenvalue weighted by Gasteiger charge is -2.43. The van der Waals surface area contributed by atoms with Crippen LogP contribution in [0.4, 0.5) is 0 Å². The number of carbonyl (C=O) groups excluding carboxylic acids is 1. The normalized spacial score (nSPS) is 18.8. The standard InChI is InChI=1S/C14H16N2O3/c1-18-13(17)14(5-2-6-14)12(15)9-3-4-10-11(7-9)19-8-16-10/h3-4,7-8,12H,2,5-6,15H2,1H3. The van der Waals surface area contributed by atoms with E-state index in [2.05, 4.69) is 4.98 Å². The number of oxazole rings is 1. The second-order valence-corrected chi connectivity index (χ2v) is 5.06. The van der Waals surface area contributed by atoms with Gasteiger partial charge in [0.1, 0.15) is 5.52 Å². The third-order valence-electron chi connectivity index (χ3n) is 4.15. The Labute approximate surface area is 110 Å². The number of aromatic nitrogens is 1. The number of hydrogen-bond donors (Lipinski definition) is 1. The molecule has 5 heteroatoms. The summed E-state index contributed by atoms with van der Waals surface area (Å²) in [6.45, 7) is 0. The van der Waals surface area contributed by atoms with Crippen molar-refractivity contribution in [1.82, 2.24) is 4.98 Å². The molecule has 0 amide bonds. The van der Waals surface area contributed by atoms with Crippen LogP contribution in [-0.4, -0.2) is 18.1 Å². The number of ether oxygens (including phenoxy) is 1. The summed E-state index contributed by atoms with van der Waals surface area (Å²) < 4.78 is 10.2. The molecule has 1 aromatic heterocycles. The first-order valence-corrected chi connectivity index (χ1v) is 6.34. The fourth-order valence-corrected chi connectivity index (χ4v) is 2.79. The third-order valence-corrected chi connectivity index (χ3v) is 4.15. The summed E-state index contributed by atoms with van der Waals surface area (Å²) in [5.41, 5.74) is 8.09. The zero-order chi connectivity index (χ0) is 13.5. The topological polar surface area (TPSA) is 78.4 Å². The van der Waals surface area contributed by atoms with Gasteiger partial charge in [-0.3, -0.25) is 4.79 Å². The molecule has 19 heavy (non-hydrogen) atoms. The Balaban J connectivity index is 1.97. The van der Waals surface area contributed by atoms with Crippen molar-refractivity contribution in [3.63, 3.8) is 0 Å². The number of methoxy groups -OCH3 is 1. The molecule has 1 saturated carbocycles. The fourth-order valence-electron chi connectivity index (χ4n) is 2.79. The summed E-state index contributed by atoms with van der Waals surface area (Å²) >= 11 is 0. The number of esters is 1. The Bertz CT molecular complexity index is 616. The zero-order valence-corrected chi connectivity index (χ0v) is 10.8. The minimum Gasteiger partial charge on any atom is -0.469 e. The van der Waals surface area contributed by atoms with E-state index in [0.29, 0.717) is 5.58 Å². The van der Waals surface area contributed by atoms with E-state index in [9.17, 15) is 4.79 Å². The number of hydrogen-bond acceptors (Lipinski definition) is 5. The highest BCUT2D eigenvalue weighted by Gasteiger charge is 2.50. The van der Waals surface area contributed by atoms with E-state index in [1.807, 2.05) is 18.2 Å². The molecule has 0 spiro atoms. The molecule has 1 atom stereocenters. The largest absolute Gasteiger partial charge is 0.469 e. The minimum absolute atomic E-state index is 0.219. The summed E-state index contributed by atoms with van der Waals surface area (Å²) in [5.74, 6) is -0.219. The second-order valence-electron chi connectivity index (χ2n) is 5.06. The maximum atomic E-state index is 12.0. The molecule has 1 aliphatic rings. The quantitative estimate of drug-likeness (QED) is 0.856. The molecule has 0 bridgehead atoms. The lowest BCUT2D eigenvalue weighted by Crippen LogP contribution is -2.47. The Morgan fingerprint density at radius 3 is 2.95 bits per heavy atom. The summed E-state index contributed by atoms with van der Waals surface area (Å²) in [6.07, 6.45) is 3.96. The van der Waals surface area contributed by atoms with Crippen molar-refractivity contribution in [3.8, 4) is 0 Å². The zero-order valence-electron chi connectivity index (χ0n) is 10.8. The van der Waals surface area contributed by atoms with Crippen molar-refractivity contribution >= 4 is 17.1 Å². The molecule has 0 aliphatic heterocycles. The van der Waals surface area contributed by atoms with Gasteiger partial charge in [-0.25, -0.2) is 4.98 Å². The van der Waals surface area contributed by atoms with Crippen LogP contribution in [0.2, 0.25) is 0 Å². The van der Waals surface area contributed by atoms with Gasteiger partial charge in [0, 0.05) is 6.04 Å². The molecule has 1 fully saturated rings. The Morgan fingerprint density at radius 2 is 2.32 bits per heavy atom. The maximum absolute atomic E-state index is 12.0. The molecule has 1 aliphatic carbocycles. The van der Waals surface area contributed by atoms with Gasteiger partial charge in [0.25, 0.3) is 0 Å². The van der Waals surface area contributed by atoms with Gasteiger partial charge >= 0.3 is 5.97 Å². The highest BCUT2D eigenvalue weighted by Crippen LogP contribution is 2.50. The molecule has 1 aromatic carbocycles. The van der Waals surface area contributed by atoms with Gasteiger partial charge in [0.05, 0.1) is 12.5 Å². The predicted octanol–water partition coefficient (Wildman–Crippen LogP) is 2.17. The van der Waals surface area contributed by atoms with Gasteiger partial charge in [-0.2, -0.15) is 0 Å². The number of nitrogens with zero attached hydrogens (tertiary/aromatic N) is 1. The molecule has 0 radical (unpaired) electrons. The van der Waals surface area contributed by atoms with E-state index in [4.69, 9.17) is 14.9 Å². The summed E-state index contributed by atoms with van der Waals surface area (Å²) in [5, 5.41) is 0. The van der Waals surface area contributed by atoms with E-state index < -0.39 is 5.41 Å². The molecule has 0 saturated heterocycles. The molecule has 2 N–H and O–H groups in total. The average molecular weight is 260 g/mol. The number of carbonyl (C=O) groups is 1. The monoisotopic (exact) mass is 260 g/mol. The predicted molar refractivity (Wildman–Crippen MR) is 69.2 cm³/mol. The number of fused-ring (bicyclic) bond motifs is 1. The van der Waals surface area contributed by atoms with Crippen molar-refractivity contribution in [3.05, 3.63) is 30.2 Å². The summed E-state index contributed by atoms with van der Waals surface area (Å²) in [4.78, 5) is 16.1. The van der Waals surface area contributed by atoms with E-state index in [1.54, 1.807) is 0 Å². The van der Waals surface area contributed by atoms with Crippen molar-refractivity contribution in [2.75, 3.05) is 7.11 Å². The minimum atomic E-state index is -0.581. The van der Waals surface area contributed by atoms with Gasteiger partial charge < -0.3 is 14.9 Å². The van der Waals surface area contributed by atoms with Crippen molar-refractivity contribution < 1.29 is 13.9 Å². The van der Waals surface area contributed by atoms with Crippen LogP contribution >= 0.6 is 0 Å². The summed E-state index contributed by atoms with van der Waals surface area (Å²) in [7, 11) is 1.41. The Hall–Kier alpha value is -1.88. The van der Waals surface area contributed by atoms with Crippen molar-refractivity contribution in [2.24, 2.45) is 11.1 Å². The van der Waals surface area contributed by atoms with Gasteiger partial charge in [0.15, 0.2) is 12.0 Å². The lowest BCUT2D eigenvalue weighted by molar-refractivity contribution is -0.160. The number of benzene rings is 1. The highest BCUT2D eigenvalue weighted by atomic mass is 16.5. The van der Waals surface area contributed by atoms with Crippen molar-refractivity contribution in [1.29, 1.82) is 0 Å². The first-order valence-electron chi connectivity index (χ1n) is 6.34. The molecule has 1 unspecified atom stereocenters. The van der Waals surface area contributed by atoms with Gasteiger partial charge in [-0.05, 0) is 30.5 Å². The van der Waals surface area contributed by atoms with Crippen LogP contribution in [0.15, 0.2) is 29.0 Å². The molecular formula is C14H16N2O3. The van der Waals surface area contributed by atoms with Crippen LogP contribution in [0.1, 0.15) is 30.9 Å². The maximum Gasteiger partial charge on any atom is 0.313 e. The van der Waals surface area contributed by atoms with Gasteiger partial charge in [0.2, 0.25) is 0 Å². The highest BCUT2D eigenvalue weighted by molar-refractivity contribution is 5.80. The van der Waals surface area contributed by atoms with Crippen LogP contribution < -0.4 is 5.73 Å². The van der Waals surface area contributed by atoms with Crippen LogP contribution in [0.25, 0.3) is 11.1 Å². The third kappa shape index (κ3) is 1.73. The van der Waals surface area contributed by atoms with E-state index in [1.165, 1.54) is 13.5 Å². The molecule has 2 aromatic rings. The molecule has 3 rings (SSSR count). The Morgan fingerprint density at radius 1 is 1.53 bits per heavy atom. The van der Waals surface area contributed by atoms with Crippen molar-refractivity contribution in [2.45, 2.75) is 25.3 Å². The molecule has 1 heterocycles. The average Bonchev–Trinajstić information content (AvgIpc) is 2.84. The van der Waals surface area contributed by atoms with Crippen LogP contribution in [0.3, 0.4) is 0 Å². The summed E-state index contributed by atoms with van der Waals surface area (Å²) in [6, 6.07) is 5.25. The molecule has 5 nitrogen and oxygen atoms in total. The van der Waals surface area contributed by atoms with E-state index in [-0.39, 0.29) is 12.0 Å². The molecule has 100 valence electrons. The van der Waals surface area contributed by atoms with Gasteiger partial charge in [-0.15, -0.1) is 0 Å². The number of rotatable bonds is 3.